The van der Waals surface area contributed by atoms with Gasteiger partial charge in [-0.05, 0) is 23.6 Å². The van der Waals surface area contributed by atoms with Crippen molar-refractivity contribution >= 4 is 17.4 Å². The lowest BCUT2D eigenvalue weighted by molar-refractivity contribution is 0.454. The molecular formula is C15H16ClN3O. The van der Waals surface area contributed by atoms with Crippen LogP contribution in [0.1, 0.15) is 30.9 Å². The minimum atomic E-state index is -0.112. The molecular weight excluding hydrogens is 274 g/mol. The number of nitrogen functional groups attached to an aromatic ring is 1. The topological polar surface area (TPSA) is 72.0 Å². The molecule has 0 bridgehead atoms. The zero-order valence-corrected chi connectivity index (χ0v) is 12.1. The zero-order valence-electron chi connectivity index (χ0n) is 11.4. The molecule has 0 aliphatic carbocycles. The highest BCUT2D eigenvalue weighted by Crippen LogP contribution is 2.33. The Kier molecular flexibility index (Phi) is 4.25. The van der Waals surface area contributed by atoms with Crippen LogP contribution in [0, 0.1) is 5.41 Å². The summed E-state index contributed by atoms with van der Waals surface area (Å²) < 4.78 is 5.80. The molecule has 2 aromatic rings. The van der Waals surface area contributed by atoms with Crippen molar-refractivity contribution in [3.63, 3.8) is 0 Å². The Hall–Kier alpha value is -2.07. The molecule has 4 nitrogen and oxygen atoms in total. The van der Waals surface area contributed by atoms with E-state index in [9.17, 15) is 0 Å². The van der Waals surface area contributed by atoms with Gasteiger partial charge in [-0.1, -0.05) is 43.6 Å². The maximum Gasteiger partial charge on any atom is 0.238 e. The average Bonchev–Trinajstić information content (AvgIpc) is 2.41. The molecule has 0 aliphatic heterocycles. The molecule has 0 fully saturated rings. The van der Waals surface area contributed by atoms with E-state index in [2.05, 4.69) is 18.8 Å². The highest BCUT2D eigenvalue weighted by molar-refractivity contribution is 6.35. The van der Waals surface area contributed by atoms with E-state index in [1.807, 2.05) is 24.3 Å². The number of nitrogens with one attached hydrogen (secondary N) is 1. The zero-order chi connectivity index (χ0) is 14.7. The monoisotopic (exact) mass is 289 g/mol. The normalized spacial score (nSPS) is 10.6. The minimum absolute atomic E-state index is 0.112. The highest BCUT2D eigenvalue weighted by atomic mass is 35.5. The second kappa shape index (κ2) is 5.92. The van der Waals surface area contributed by atoms with Crippen molar-refractivity contribution in [3.05, 3.63) is 52.7 Å². The van der Waals surface area contributed by atoms with E-state index in [0.29, 0.717) is 17.2 Å². The molecule has 0 spiro atoms. The van der Waals surface area contributed by atoms with Crippen LogP contribution in [-0.4, -0.2) is 10.8 Å². The van der Waals surface area contributed by atoms with Gasteiger partial charge >= 0.3 is 0 Å². The second-order valence-corrected chi connectivity index (χ2v) is 5.06. The number of nitrogens with two attached hydrogens (primary N) is 1. The van der Waals surface area contributed by atoms with Gasteiger partial charge in [0.15, 0.2) is 0 Å². The first-order valence-electron chi connectivity index (χ1n) is 6.26. The van der Waals surface area contributed by atoms with Crippen molar-refractivity contribution in [2.24, 2.45) is 5.73 Å². The number of ether oxygens (including phenoxy) is 1. The molecule has 5 heteroatoms. The van der Waals surface area contributed by atoms with Crippen molar-refractivity contribution in [1.82, 2.24) is 4.98 Å². The van der Waals surface area contributed by atoms with E-state index in [0.717, 1.165) is 5.56 Å². The Morgan fingerprint density at radius 1 is 1.30 bits per heavy atom. The molecule has 0 unspecified atom stereocenters. The number of para-hydroxylation sites is 1. The van der Waals surface area contributed by atoms with Gasteiger partial charge in [-0.3, -0.25) is 5.41 Å². The van der Waals surface area contributed by atoms with E-state index >= 15 is 0 Å². The van der Waals surface area contributed by atoms with Gasteiger partial charge in [-0.25, -0.2) is 4.98 Å². The number of halogens is 1. The van der Waals surface area contributed by atoms with Crippen molar-refractivity contribution in [1.29, 1.82) is 5.41 Å². The summed E-state index contributed by atoms with van der Waals surface area (Å²) in [6.45, 7) is 4.17. The first-order valence-corrected chi connectivity index (χ1v) is 6.64. The second-order valence-electron chi connectivity index (χ2n) is 4.69. The quantitative estimate of drug-likeness (QED) is 0.661. The Balaban J connectivity index is 2.41. The number of nitrogens with zero attached hydrogens (tertiary/aromatic N) is 1. The first-order chi connectivity index (χ1) is 9.50. The van der Waals surface area contributed by atoms with Crippen LogP contribution >= 0.6 is 11.6 Å². The van der Waals surface area contributed by atoms with Gasteiger partial charge in [0.1, 0.15) is 16.6 Å². The number of benzene rings is 1. The fraction of sp³-hybridized carbons (Fsp3) is 0.200. The number of hydrogen-bond donors (Lipinski definition) is 2. The van der Waals surface area contributed by atoms with E-state index < -0.39 is 0 Å². The smallest absolute Gasteiger partial charge is 0.238 e. The predicted octanol–water partition coefficient (Wildman–Crippen LogP) is 3.93. The molecule has 2 rings (SSSR count). The van der Waals surface area contributed by atoms with E-state index in [1.54, 1.807) is 6.07 Å². The summed E-state index contributed by atoms with van der Waals surface area (Å²) >= 11 is 6.18. The molecule has 1 aromatic heterocycles. The van der Waals surface area contributed by atoms with Crippen LogP contribution in [0.25, 0.3) is 0 Å². The third-order valence-corrected chi connectivity index (χ3v) is 3.26. The molecule has 0 saturated carbocycles. The standard InChI is InChI=1S/C15H16ClN3O/c1-9(2)10-5-3-4-6-12(10)20-15-13(16)11(14(17)18)7-8-19-15/h3-9H,1-2H3,(H3,17,18). The van der Waals surface area contributed by atoms with Crippen molar-refractivity contribution in [2.75, 3.05) is 0 Å². The third-order valence-electron chi connectivity index (χ3n) is 2.90. The van der Waals surface area contributed by atoms with Gasteiger partial charge in [0.25, 0.3) is 0 Å². The Bertz CT molecular complexity index is 641. The molecule has 20 heavy (non-hydrogen) atoms. The van der Waals surface area contributed by atoms with Gasteiger partial charge in [-0.2, -0.15) is 0 Å². The molecule has 0 aliphatic rings. The van der Waals surface area contributed by atoms with E-state index in [4.69, 9.17) is 27.5 Å². The summed E-state index contributed by atoms with van der Waals surface area (Å²) in [4.78, 5) is 4.11. The number of rotatable bonds is 4. The molecule has 1 aromatic carbocycles. The predicted molar refractivity (Wildman–Crippen MR) is 80.9 cm³/mol. The van der Waals surface area contributed by atoms with Crippen LogP contribution in [0.5, 0.6) is 11.6 Å². The van der Waals surface area contributed by atoms with Gasteiger partial charge in [0.05, 0.1) is 0 Å². The van der Waals surface area contributed by atoms with Crippen LogP contribution in [0.4, 0.5) is 0 Å². The van der Waals surface area contributed by atoms with Crippen LogP contribution < -0.4 is 10.5 Å². The number of pyridine rings is 1. The molecule has 1 heterocycles. The lowest BCUT2D eigenvalue weighted by Crippen LogP contribution is -2.12. The van der Waals surface area contributed by atoms with Crippen molar-refractivity contribution in [3.8, 4) is 11.6 Å². The summed E-state index contributed by atoms with van der Waals surface area (Å²) in [5.41, 5.74) is 6.95. The summed E-state index contributed by atoms with van der Waals surface area (Å²) in [6, 6.07) is 9.32. The Labute approximate surface area is 123 Å². The molecule has 0 amide bonds. The van der Waals surface area contributed by atoms with Crippen molar-refractivity contribution in [2.45, 2.75) is 19.8 Å². The van der Waals surface area contributed by atoms with Crippen LogP contribution in [0.2, 0.25) is 5.02 Å². The van der Waals surface area contributed by atoms with E-state index in [1.165, 1.54) is 6.20 Å². The molecule has 0 saturated heterocycles. The Morgan fingerprint density at radius 3 is 2.65 bits per heavy atom. The molecule has 3 N–H and O–H groups in total. The largest absolute Gasteiger partial charge is 0.437 e. The van der Waals surface area contributed by atoms with Crippen LogP contribution in [0.3, 0.4) is 0 Å². The Morgan fingerprint density at radius 2 is 2.00 bits per heavy atom. The number of hydrogen-bond acceptors (Lipinski definition) is 3. The minimum Gasteiger partial charge on any atom is -0.437 e. The van der Waals surface area contributed by atoms with Gasteiger partial charge in [0, 0.05) is 11.8 Å². The molecule has 0 radical (unpaired) electrons. The van der Waals surface area contributed by atoms with Crippen molar-refractivity contribution < 1.29 is 4.74 Å². The van der Waals surface area contributed by atoms with Crippen LogP contribution in [0.15, 0.2) is 36.5 Å². The summed E-state index contributed by atoms with van der Waals surface area (Å²) in [7, 11) is 0. The lowest BCUT2D eigenvalue weighted by atomic mass is 10.0. The maximum absolute atomic E-state index is 7.47. The molecule has 104 valence electrons. The average molecular weight is 290 g/mol. The SMILES string of the molecule is CC(C)c1ccccc1Oc1nccc(C(=N)N)c1Cl. The van der Waals surface area contributed by atoms with Crippen LogP contribution in [-0.2, 0) is 0 Å². The van der Waals surface area contributed by atoms with E-state index in [-0.39, 0.29) is 16.7 Å². The molecule has 0 atom stereocenters. The number of amidine groups is 1. The first kappa shape index (κ1) is 14.3. The maximum atomic E-state index is 7.47. The van der Waals surface area contributed by atoms with Gasteiger partial charge in [-0.15, -0.1) is 0 Å². The van der Waals surface area contributed by atoms with Gasteiger partial charge < -0.3 is 10.5 Å². The lowest BCUT2D eigenvalue weighted by Gasteiger charge is -2.14. The summed E-state index contributed by atoms with van der Waals surface area (Å²) in [6.07, 6.45) is 1.52. The summed E-state index contributed by atoms with van der Waals surface area (Å²) in [5, 5.41) is 7.72. The summed E-state index contributed by atoms with van der Waals surface area (Å²) in [5.74, 6) is 1.17. The third kappa shape index (κ3) is 2.91. The fourth-order valence-electron chi connectivity index (χ4n) is 1.86. The highest BCUT2D eigenvalue weighted by Gasteiger charge is 2.14. The fourth-order valence-corrected chi connectivity index (χ4v) is 2.11. The number of aromatic nitrogens is 1. The van der Waals surface area contributed by atoms with Gasteiger partial charge in [0.2, 0.25) is 5.88 Å².